The quantitative estimate of drug-likeness (QED) is 0.885. The van der Waals surface area contributed by atoms with Crippen molar-refractivity contribution in [1.29, 1.82) is 0 Å². The van der Waals surface area contributed by atoms with Crippen LogP contribution in [0.5, 0.6) is 0 Å². The number of halogens is 3. The molecule has 1 aliphatic heterocycles. The van der Waals surface area contributed by atoms with E-state index in [1.807, 2.05) is 0 Å². The van der Waals surface area contributed by atoms with Crippen molar-refractivity contribution >= 4 is 11.7 Å². The van der Waals surface area contributed by atoms with E-state index in [4.69, 9.17) is 5.73 Å². The van der Waals surface area contributed by atoms with E-state index >= 15 is 0 Å². The highest BCUT2D eigenvalue weighted by atomic mass is 19.4. The molecule has 1 unspecified atom stereocenters. The molecule has 0 spiro atoms. The lowest BCUT2D eigenvalue weighted by Crippen LogP contribution is -2.42. The van der Waals surface area contributed by atoms with Crippen LogP contribution in [0.1, 0.15) is 23.3 Å². The summed E-state index contributed by atoms with van der Waals surface area (Å²) >= 11 is 0. The van der Waals surface area contributed by atoms with Crippen molar-refractivity contribution in [3.63, 3.8) is 0 Å². The maximum Gasteiger partial charge on any atom is 0.393 e. The van der Waals surface area contributed by atoms with Gasteiger partial charge in [0.25, 0.3) is 5.91 Å². The molecule has 0 saturated carbocycles. The maximum atomic E-state index is 12.7. The van der Waals surface area contributed by atoms with Crippen LogP contribution in [0.2, 0.25) is 0 Å². The predicted molar refractivity (Wildman–Crippen MR) is 62.7 cm³/mol. The number of amides is 1. The van der Waals surface area contributed by atoms with Crippen LogP contribution in [0.3, 0.4) is 0 Å². The van der Waals surface area contributed by atoms with Crippen molar-refractivity contribution in [2.24, 2.45) is 18.7 Å². The number of hydrogen-bond donors (Lipinski definition) is 1. The van der Waals surface area contributed by atoms with Gasteiger partial charge in [0.2, 0.25) is 0 Å². The van der Waals surface area contributed by atoms with Gasteiger partial charge < -0.3 is 10.6 Å². The number of hydrogen-bond acceptors (Lipinski definition) is 3. The normalized spacial score (nSPS) is 20.6. The minimum atomic E-state index is -4.19. The molecule has 1 aromatic heterocycles. The molecule has 1 aliphatic rings. The number of carbonyl (C=O) groups excluding carboxylic acids is 1. The molecule has 19 heavy (non-hydrogen) atoms. The topological polar surface area (TPSA) is 64.2 Å². The Morgan fingerprint density at radius 3 is 2.74 bits per heavy atom. The van der Waals surface area contributed by atoms with Crippen LogP contribution >= 0.6 is 0 Å². The SMILES string of the molecule is Cn1nc(C(N)=O)cc1N1CCCC(C(F)(F)F)C1. The summed E-state index contributed by atoms with van der Waals surface area (Å²) in [7, 11) is 1.58. The van der Waals surface area contributed by atoms with Crippen molar-refractivity contribution < 1.29 is 18.0 Å². The zero-order valence-electron chi connectivity index (χ0n) is 10.4. The molecule has 1 saturated heterocycles. The largest absolute Gasteiger partial charge is 0.393 e. The summed E-state index contributed by atoms with van der Waals surface area (Å²) in [6.45, 7) is 0.408. The summed E-state index contributed by atoms with van der Waals surface area (Å²) in [5, 5.41) is 3.89. The van der Waals surface area contributed by atoms with E-state index in [-0.39, 0.29) is 18.7 Å². The van der Waals surface area contributed by atoms with Gasteiger partial charge >= 0.3 is 6.18 Å². The molecule has 0 aromatic carbocycles. The Bertz CT molecular complexity index is 483. The summed E-state index contributed by atoms with van der Waals surface area (Å²) < 4.78 is 39.6. The first kappa shape index (κ1) is 13.7. The Morgan fingerprint density at radius 2 is 2.21 bits per heavy atom. The summed E-state index contributed by atoms with van der Waals surface area (Å²) in [5.74, 6) is -1.54. The average molecular weight is 276 g/mol. The molecule has 2 rings (SSSR count). The number of piperidine rings is 1. The van der Waals surface area contributed by atoms with E-state index in [2.05, 4.69) is 5.10 Å². The Morgan fingerprint density at radius 1 is 1.53 bits per heavy atom. The van der Waals surface area contributed by atoms with E-state index in [9.17, 15) is 18.0 Å². The third-order valence-electron chi connectivity index (χ3n) is 3.32. The minimum absolute atomic E-state index is 0.0617. The summed E-state index contributed by atoms with van der Waals surface area (Å²) in [5.41, 5.74) is 5.17. The van der Waals surface area contributed by atoms with E-state index in [1.54, 1.807) is 11.9 Å². The number of aromatic nitrogens is 2. The molecule has 1 aromatic rings. The monoisotopic (exact) mass is 276 g/mol. The molecule has 0 bridgehead atoms. The van der Waals surface area contributed by atoms with E-state index in [0.717, 1.165) is 0 Å². The fraction of sp³-hybridized carbons (Fsp3) is 0.636. The van der Waals surface area contributed by atoms with Crippen LogP contribution in [-0.2, 0) is 7.05 Å². The number of alkyl halides is 3. The second-order valence-corrected chi connectivity index (χ2v) is 4.70. The predicted octanol–water partition coefficient (Wildman–Crippen LogP) is 1.30. The van der Waals surface area contributed by atoms with Crippen molar-refractivity contribution in [2.45, 2.75) is 19.0 Å². The van der Waals surface area contributed by atoms with Gasteiger partial charge in [-0.15, -0.1) is 0 Å². The van der Waals surface area contributed by atoms with Crippen molar-refractivity contribution in [3.05, 3.63) is 11.8 Å². The van der Waals surface area contributed by atoms with Gasteiger partial charge in [-0.3, -0.25) is 9.48 Å². The third-order valence-corrected chi connectivity index (χ3v) is 3.32. The van der Waals surface area contributed by atoms with Gasteiger partial charge in [-0.25, -0.2) is 0 Å². The molecule has 1 fully saturated rings. The Labute approximate surface area is 108 Å². The van der Waals surface area contributed by atoms with Crippen molar-refractivity contribution in [3.8, 4) is 0 Å². The van der Waals surface area contributed by atoms with Gasteiger partial charge in [0.1, 0.15) is 5.82 Å². The van der Waals surface area contributed by atoms with Crippen LogP contribution in [0, 0.1) is 5.92 Å². The van der Waals surface area contributed by atoms with Crippen LogP contribution in [0.15, 0.2) is 6.07 Å². The highest BCUT2D eigenvalue weighted by molar-refractivity contribution is 5.91. The van der Waals surface area contributed by atoms with Gasteiger partial charge in [-0.1, -0.05) is 0 Å². The zero-order chi connectivity index (χ0) is 14.2. The van der Waals surface area contributed by atoms with E-state index in [1.165, 1.54) is 10.7 Å². The molecular weight excluding hydrogens is 261 g/mol. The molecule has 8 heteroatoms. The fourth-order valence-corrected chi connectivity index (χ4v) is 2.33. The Balaban J connectivity index is 2.20. The van der Waals surface area contributed by atoms with Gasteiger partial charge in [0.05, 0.1) is 5.92 Å². The third kappa shape index (κ3) is 2.82. The Hall–Kier alpha value is -1.73. The second-order valence-electron chi connectivity index (χ2n) is 4.70. The molecular formula is C11H15F3N4O. The fourth-order valence-electron chi connectivity index (χ4n) is 2.33. The number of rotatable bonds is 2. The number of aryl methyl sites for hydroxylation is 1. The smallest absolute Gasteiger partial charge is 0.364 e. The molecule has 0 aliphatic carbocycles. The number of primary amides is 1. The lowest BCUT2D eigenvalue weighted by atomic mass is 9.97. The lowest BCUT2D eigenvalue weighted by Gasteiger charge is -2.34. The average Bonchev–Trinajstić information content (AvgIpc) is 2.71. The number of nitrogens with zero attached hydrogens (tertiary/aromatic N) is 3. The summed E-state index contributed by atoms with van der Waals surface area (Å²) in [6, 6.07) is 1.43. The van der Waals surface area contributed by atoms with Crippen molar-refractivity contribution in [2.75, 3.05) is 18.0 Å². The van der Waals surface area contributed by atoms with Gasteiger partial charge in [0, 0.05) is 26.2 Å². The van der Waals surface area contributed by atoms with Crippen LogP contribution in [0.25, 0.3) is 0 Å². The minimum Gasteiger partial charge on any atom is -0.364 e. The molecule has 5 nitrogen and oxygen atoms in total. The highest BCUT2D eigenvalue weighted by Crippen LogP contribution is 2.34. The lowest BCUT2D eigenvalue weighted by molar-refractivity contribution is -0.176. The van der Waals surface area contributed by atoms with Crippen molar-refractivity contribution in [1.82, 2.24) is 9.78 Å². The molecule has 2 heterocycles. The molecule has 2 N–H and O–H groups in total. The van der Waals surface area contributed by atoms with Gasteiger partial charge in [-0.05, 0) is 12.8 Å². The first-order valence-corrected chi connectivity index (χ1v) is 5.94. The van der Waals surface area contributed by atoms with E-state index < -0.39 is 18.0 Å². The number of carbonyl (C=O) groups is 1. The maximum absolute atomic E-state index is 12.7. The standard InChI is InChI=1S/C11H15F3N4O/c1-17-9(5-8(16-17)10(15)19)18-4-2-3-7(6-18)11(12,13)14/h5,7H,2-4,6H2,1H3,(H2,15,19). The highest BCUT2D eigenvalue weighted by Gasteiger charge is 2.42. The number of anilines is 1. The van der Waals surface area contributed by atoms with Gasteiger partial charge in [-0.2, -0.15) is 18.3 Å². The first-order chi connectivity index (χ1) is 8.79. The van der Waals surface area contributed by atoms with Crippen LogP contribution in [-0.4, -0.2) is 35.0 Å². The van der Waals surface area contributed by atoms with Crippen LogP contribution in [0.4, 0.5) is 19.0 Å². The van der Waals surface area contributed by atoms with E-state index in [0.29, 0.717) is 18.8 Å². The summed E-state index contributed by atoms with van der Waals surface area (Å²) in [6.07, 6.45) is -3.59. The molecule has 106 valence electrons. The zero-order valence-corrected chi connectivity index (χ0v) is 10.4. The number of nitrogens with two attached hydrogens (primary N) is 1. The molecule has 0 radical (unpaired) electrons. The first-order valence-electron chi connectivity index (χ1n) is 5.94. The van der Waals surface area contributed by atoms with Crippen LogP contribution < -0.4 is 10.6 Å². The molecule has 1 atom stereocenters. The second kappa shape index (κ2) is 4.75. The summed E-state index contributed by atoms with van der Waals surface area (Å²) in [4.78, 5) is 12.6. The molecule has 1 amide bonds. The van der Waals surface area contributed by atoms with Gasteiger partial charge in [0.15, 0.2) is 5.69 Å². The Kier molecular flexibility index (Phi) is 3.42.